The van der Waals surface area contributed by atoms with E-state index in [1.54, 1.807) is 49.4 Å². The molecule has 0 N–H and O–H groups in total. The molecular formula is C28H28F4O2. The normalized spacial score (nSPS) is 18.1. The molecule has 1 aliphatic carbocycles. The zero-order valence-electron chi connectivity index (χ0n) is 19.3. The minimum atomic E-state index is -0.973. The topological polar surface area (TPSA) is 18.5 Å². The van der Waals surface area contributed by atoms with Gasteiger partial charge in [-0.05, 0) is 86.3 Å². The molecule has 6 heteroatoms. The first-order valence-electron chi connectivity index (χ1n) is 11.8. The van der Waals surface area contributed by atoms with Crippen LogP contribution in [-0.4, -0.2) is 13.2 Å². The maximum absolute atomic E-state index is 15.1. The number of ether oxygens (including phenoxy) is 2. The van der Waals surface area contributed by atoms with Gasteiger partial charge in [-0.3, -0.25) is 0 Å². The fourth-order valence-electron chi connectivity index (χ4n) is 4.84. The maximum Gasteiger partial charge on any atom is 0.200 e. The van der Waals surface area contributed by atoms with Crippen LogP contribution in [-0.2, 0) is 0 Å². The molecule has 0 saturated heterocycles. The van der Waals surface area contributed by atoms with Gasteiger partial charge in [-0.2, -0.15) is 4.39 Å². The van der Waals surface area contributed by atoms with Crippen molar-refractivity contribution in [3.63, 3.8) is 0 Å². The summed E-state index contributed by atoms with van der Waals surface area (Å²) < 4.78 is 69.5. The molecule has 0 atom stereocenters. The van der Waals surface area contributed by atoms with Crippen molar-refractivity contribution in [1.82, 2.24) is 0 Å². The molecule has 3 aromatic rings. The summed E-state index contributed by atoms with van der Waals surface area (Å²) >= 11 is 0. The highest BCUT2D eigenvalue weighted by Crippen LogP contribution is 2.43. The van der Waals surface area contributed by atoms with Gasteiger partial charge in [0.25, 0.3) is 0 Å². The van der Waals surface area contributed by atoms with E-state index in [-0.39, 0.29) is 29.8 Å². The van der Waals surface area contributed by atoms with Crippen molar-refractivity contribution in [1.29, 1.82) is 0 Å². The van der Waals surface area contributed by atoms with Gasteiger partial charge in [-0.1, -0.05) is 30.3 Å². The van der Waals surface area contributed by atoms with Crippen molar-refractivity contribution in [2.24, 2.45) is 0 Å². The molecule has 0 bridgehead atoms. The number of halogens is 4. The summed E-state index contributed by atoms with van der Waals surface area (Å²) in [6, 6.07) is 13.2. The van der Waals surface area contributed by atoms with E-state index >= 15 is 4.39 Å². The van der Waals surface area contributed by atoms with Crippen LogP contribution in [0.4, 0.5) is 17.6 Å². The summed E-state index contributed by atoms with van der Waals surface area (Å²) in [5, 5.41) is 0. The number of hydrogen-bond donors (Lipinski definition) is 0. The maximum atomic E-state index is 15.1. The number of hydrogen-bond acceptors (Lipinski definition) is 2. The Hall–Kier alpha value is -3.02. The summed E-state index contributed by atoms with van der Waals surface area (Å²) in [5.74, 6) is -3.33. The molecule has 34 heavy (non-hydrogen) atoms. The highest BCUT2D eigenvalue weighted by Gasteiger charge is 2.29. The third-order valence-electron chi connectivity index (χ3n) is 6.57. The molecule has 0 heterocycles. The molecule has 0 radical (unpaired) electrons. The Labute approximate surface area is 197 Å². The predicted molar refractivity (Wildman–Crippen MR) is 124 cm³/mol. The fourth-order valence-corrected chi connectivity index (χ4v) is 4.84. The zero-order valence-corrected chi connectivity index (χ0v) is 19.3. The second-order valence-corrected chi connectivity index (χ2v) is 8.55. The number of benzene rings is 3. The van der Waals surface area contributed by atoms with Crippen molar-refractivity contribution >= 4 is 0 Å². The molecule has 2 nitrogen and oxygen atoms in total. The van der Waals surface area contributed by atoms with Crippen molar-refractivity contribution in [3.8, 4) is 22.6 Å². The van der Waals surface area contributed by atoms with Gasteiger partial charge in [0.1, 0.15) is 5.75 Å². The Bertz CT molecular complexity index is 1140. The van der Waals surface area contributed by atoms with Crippen molar-refractivity contribution in [3.05, 3.63) is 82.9 Å². The Kier molecular flexibility index (Phi) is 7.44. The lowest BCUT2D eigenvalue weighted by Crippen LogP contribution is -2.15. The van der Waals surface area contributed by atoms with Gasteiger partial charge >= 0.3 is 0 Å². The molecule has 0 unspecified atom stereocenters. The van der Waals surface area contributed by atoms with E-state index < -0.39 is 23.3 Å². The lowest BCUT2D eigenvalue weighted by Gasteiger charge is -2.30. The van der Waals surface area contributed by atoms with Gasteiger partial charge in [0.05, 0.1) is 13.2 Å². The summed E-state index contributed by atoms with van der Waals surface area (Å²) in [5.41, 5.74) is 1.42. The smallest absolute Gasteiger partial charge is 0.200 e. The number of rotatable bonds is 7. The SMILES string of the molecule is CCOc1ccc(-c2ccc(C3CCC(c4ccc(OCC)c(F)c4F)CC3)c(F)c2F)cc1. The summed E-state index contributed by atoms with van der Waals surface area (Å²) in [7, 11) is 0. The van der Waals surface area contributed by atoms with Crippen LogP contribution in [0.1, 0.15) is 62.5 Å². The van der Waals surface area contributed by atoms with E-state index in [2.05, 4.69) is 0 Å². The molecule has 0 amide bonds. The average molecular weight is 473 g/mol. The molecule has 0 spiro atoms. The van der Waals surface area contributed by atoms with Gasteiger partial charge in [0.15, 0.2) is 23.2 Å². The fraction of sp³-hybridized carbons (Fsp3) is 0.357. The quantitative estimate of drug-likeness (QED) is 0.323. The Morgan fingerprint density at radius 1 is 0.618 bits per heavy atom. The molecule has 1 saturated carbocycles. The van der Waals surface area contributed by atoms with Crippen molar-refractivity contribution in [2.45, 2.75) is 51.4 Å². The first kappa shape index (κ1) is 24.1. The molecule has 0 aromatic heterocycles. The van der Waals surface area contributed by atoms with Crippen molar-refractivity contribution < 1.29 is 27.0 Å². The van der Waals surface area contributed by atoms with Crippen LogP contribution in [0.25, 0.3) is 11.1 Å². The van der Waals surface area contributed by atoms with Gasteiger partial charge < -0.3 is 9.47 Å². The molecule has 4 rings (SSSR count). The van der Waals surface area contributed by atoms with E-state index in [4.69, 9.17) is 9.47 Å². The van der Waals surface area contributed by atoms with Gasteiger partial charge in [-0.15, -0.1) is 0 Å². The molecule has 1 aliphatic rings. The molecule has 3 aromatic carbocycles. The van der Waals surface area contributed by atoms with E-state index in [9.17, 15) is 13.2 Å². The third-order valence-corrected chi connectivity index (χ3v) is 6.57. The summed E-state index contributed by atoms with van der Waals surface area (Å²) in [6.07, 6.45) is 2.27. The van der Waals surface area contributed by atoms with E-state index in [1.165, 1.54) is 6.07 Å². The van der Waals surface area contributed by atoms with Gasteiger partial charge in [0, 0.05) is 5.56 Å². The zero-order chi connectivity index (χ0) is 24.2. The highest BCUT2D eigenvalue weighted by molar-refractivity contribution is 5.65. The average Bonchev–Trinajstić information content (AvgIpc) is 2.85. The first-order chi connectivity index (χ1) is 16.4. The third kappa shape index (κ3) is 4.77. The van der Waals surface area contributed by atoms with E-state index in [1.807, 2.05) is 6.92 Å². The van der Waals surface area contributed by atoms with E-state index in [0.29, 0.717) is 54.7 Å². The standard InChI is InChI=1S/C28H28F4O2/c1-3-33-20-11-9-19(10-12-20)22-14-13-21(25(29)26(22)30)17-5-7-18(8-6-17)23-15-16-24(34-4-2)28(32)27(23)31/h9-18H,3-8H2,1-2H3. The van der Waals surface area contributed by atoms with E-state index in [0.717, 1.165) is 0 Å². The lowest BCUT2D eigenvalue weighted by molar-refractivity contribution is 0.310. The largest absolute Gasteiger partial charge is 0.494 e. The molecule has 0 aliphatic heterocycles. The van der Waals surface area contributed by atoms with Crippen LogP contribution in [0.15, 0.2) is 48.5 Å². The summed E-state index contributed by atoms with van der Waals surface area (Å²) in [6.45, 7) is 4.36. The Morgan fingerprint density at radius 3 is 1.71 bits per heavy atom. The molecule has 1 fully saturated rings. The second kappa shape index (κ2) is 10.5. The first-order valence-corrected chi connectivity index (χ1v) is 11.8. The van der Waals surface area contributed by atoms with Crippen LogP contribution in [0.2, 0.25) is 0 Å². The minimum Gasteiger partial charge on any atom is -0.494 e. The highest BCUT2D eigenvalue weighted by atomic mass is 19.2. The Balaban J connectivity index is 1.48. The van der Waals surface area contributed by atoms with Crippen LogP contribution < -0.4 is 9.47 Å². The van der Waals surface area contributed by atoms with Gasteiger partial charge in [-0.25, -0.2) is 13.2 Å². The van der Waals surface area contributed by atoms with Crippen LogP contribution in [0, 0.1) is 23.3 Å². The predicted octanol–water partition coefficient (Wildman–Crippen LogP) is 8.15. The second-order valence-electron chi connectivity index (χ2n) is 8.55. The van der Waals surface area contributed by atoms with Crippen molar-refractivity contribution in [2.75, 3.05) is 13.2 Å². The summed E-state index contributed by atoms with van der Waals surface area (Å²) in [4.78, 5) is 0. The van der Waals surface area contributed by atoms with Gasteiger partial charge in [0.2, 0.25) is 5.82 Å². The van der Waals surface area contributed by atoms with Crippen LogP contribution >= 0.6 is 0 Å². The minimum absolute atomic E-state index is 0.0948. The Morgan fingerprint density at radius 2 is 1.15 bits per heavy atom. The van der Waals surface area contributed by atoms with Crippen LogP contribution in [0.3, 0.4) is 0 Å². The molecular weight excluding hydrogens is 444 g/mol. The molecule has 180 valence electrons. The lowest BCUT2D eigenvalue weighted by atomic mass is 9.75. The monoisotopic (exact) mass is 472 g/mol. The van der Waals surface area contributed by atoms with Crippen LogP contribution in [0.5, 0.6) is 11.5 Å².